The van der Waals surface area contributed by atoms with E-state index in [0.29, 0.717) is 17.9 Å². The molecule has 7 nitrogen and oxygen atoms in total. The Balaban J connectivity index is 1.56. The first-order chi connectivity index (χ1) is 12.2. The van der Waals surface area contributed by atoms with Crippen LogP contribution in [0.3, 0.4) is 0 Å². The van der Waals surface area contributed by atoms with Crippen molar-refractivity contribution in [3.05, 3.63) is 41.9 Å². The van der Waals surface area contributed by atoms with Gasteiger partial charge in [0.15, 0.2) is 0 Å². The van der Waals surface area contributed by atoms with E-state index >= 15 is 0 Å². The molecule has 3 N–H and O–H groups in total. The van der Waals surface area contributed by atoms with E-state index in [1.165, 1.54) is 0 Å². The molecule has 2 aliphatic rings. The van der Waals surface area contributed by atoms with Crippen LogP contribution in [0.4, 0.5) is 17.2 Å². The Bertz CT molecular complexity index is 770. The van der Waals surface area contributed by atoms with Crippen LogP contribution in [0.2, 0.25) is 0 Å². The van der Waals surface area contributed by atoms with E-state index in [-0.39, 0.29) is 5.91 Å². The van der Waals surface area contributed by atoms with E-state index in [0.717, 1.165) is 56.1 Å². The SMILES string of the molecule is Nc1ccc2c(c1)N(C(=O)c1cnc(N3CCNCC3)cn1)CCC2. The van der Waals surface area contributed by atoms with Crippen LogP contribution in [0.1, 0.15) is 22.5 Å². The van der Waals surface area contributed by atoms with Crippen LogP contribution in [0, 0.1) is 0 Å². The van der Waals surface area contributed by atoms with E-state index in [9.17, 15) is 4.79 Å². The van der Waals surface area contributed by atoms with Gasteiger partial charge < -0.3 is 20.9 Å². The Morgan fingerprint density at radius 1 is 1.12 bits per heavy atom. The molecule has 0 radical (unpaired) electrons. The van der Waals surface area contributed by atoms with Crippen LogP contribution in [0.25, 0.3) is 0 Å². The molecule has 0 unspecified atom stereocenters. The number of nitrogens with two attached hydrogens (primary N) is 1. The van der Waals surface area contributed by atoms with Crippen LogP contribution in [0.5, 0.6) is 0 Å². The molecule has 0 saturated carbocycles. The second-order valence-corrected chi connectivity index (χ2v) is 6.45. The molecular weight excluding hydrogens is 316 g/mol. The molecule has 4 rings (SSSR count). The van der Waals surface area contributed by atoms with Crippen molar-refractivity contribution < 1.29 is 4.79 Å². The average molecular weight is 338 g/mol. The lowest BCUT2D eigenvalue weighted by Gasteiger charge is -2.30. The highest BCUT2D eigenvalue weighted by molar-refractivity contribution is 6.05. The summed E-state index contributed by atoms with van der Waals surface area (Å²) < 4.78 is 0. The number of piperazine rings is 1. The van der Waals surface area contributed by atoms with E-state index in [2.05, 4.69) is 20.2 Å². The Morgan fingerprint density at radius 3 is 2.72 bits per heavy atom. The first kappa shape index (κ1) is 15.8. The molecule has 2 aromatic rings. The summed E-state index contributed by atoms with van der Waals surface area (Å²) in [6.45, 7) is 4.36. The number of nitrogens with one attached hydrogen (secondary N) is 1. The van der Waals surface area contributed by atoms with Crippen molar-refractivity contribution in [2.24, 2.45) is 0 Å². The third-order valence-corrected chi connectivity index (χ3v) is 4.77. The summed E-state index contributed by atoms with van der Waals surface area (Å²) in [6.07, 6.45) is 5.19. The van der Waals surface area contributed by atoms with E-state index < -0.39 is 0 Å². The van der Waals surface area contributed by atoms with E-state index in [1.807, 2.05) is 18.2 Å². The number of aromatic nitrogens is 2. The van der Waals surface area contributed by atoms with Crippen molar-refractivity contribution in [2.75, 3.05) is 48.3 Å². The number of rotatable bonds is 2. The van der Waals surface area contributed by atoms with Gasteiger partial charge in [-0.05, 0) is 30.5 Å². The number of amides is 1. The van der Waals surface area contributed by atoms with Crippen molar-refractivity contribution >= 4 is 23.1 Å². The number of hydrogen-bond donors (Lipinski definition) is 2. The van der Waals surface area contributed by atoms with Crippen LogP contribution in [-0.4, -0.2) is 48.6 Å². The maximum Gasteiger partial charge on any atom is 0.278 e. The highest BCUT2D eigenvalue weighted by Crippen LogP contribution is 2.30. The molecule has 1 fully saturated rings. The minimum absolute atomic E-state index is 0.120. The fourth-order valence-electron chi connectivity index (χ4n) is 3.43. The molecule has 2 aliphatic heterocycles. The molecule has 130 valence electrons. The van der Waals surface area contributed by atoms with E-state index in [1.54, 1.807) is 17.3 Å². The first-order valence-electron chi connectivity index (χ1n) is 8.70. The smallest absolute Gasteiger partial charge is 0.278 e. The summed E-state index contributed by atoms with van der Waals surface area (Å²) in [7, 11) is 0. The summed E-state index contributed by atoms with van der Waals surface area (Å²) in [6, 6.07) is 5.76. The maximum atomic E-state index is 12.9. The minimum atomic E-state index is -0.120. The Hall–Kier alpha value is -2.67. The Kier molecular flexibility index (Phi) is 4.23. The molecule has 3 heterocycles. The van der Waals surface area contributed by atoms with Gasteiger partial charge in [-0.15, -0.1) is 0 Å². The molecular formula is C18H22N6O. The van der Waals surface area contributed by atoms with Crippen molar-refractivity contribution in [3.8, 4) is 0 Å². The summed E-state index contributed by atoms with van der Waals surface area (Å²) in [5, 5.41) is 3.31. The third kappa shape index (κ3) is 3.15. The number of fused-ring (bicyclic) bond motifs is 1. The average Bonchev–Trinajstić information content (AvgIpc) is 2.68. The second kappa shape index (κ2) is 6.68. The van der Waals surface area contributed by atoms with Gasteiger partial charge in [-0.3, -0.25) is 4.79 Å². The fourth-order valence-corrected chi connectivity index (χ4v) is 3.43. The van der Waals surface area contributed by atoms with Crippen LogP contribution >= 0.6 is 0 Å². The monoisotopic (exact) mass is 338 g/mol. The Labute approximate surface area is 146 Å². The molecule has 1 aromatic carbocycles. The molecule has 0 bridgehead atoms. The predicted octanol–water partition coefficient (Wildman–Crippen LogP) is 1.06. The molecule has 1 amide bonds. The van der Waals surface area contributed by atoms with Crippen LogP contribution < -0.4 is 20.9 Å². The van der Waals surface area contributed by atoms with Crippen molar-refractivity contribution in [1.29, 1.82) is 0 Å². The zero-order valence-electron chi connectivity index (χ0n) is 14.1. The van der Waals surface area contributed by atoms with Gasteiger partial charge in [0.25, 0.3) is 5.91 Å². The summed E-state index contributed by atoms with van der Waals surface area (Å²) in [5.74, 6) is 0.701. The van der Waals surface area contributed by atoms with Gasteiger partial charge in [-0.1, -0.05) is 6.07 Å². The quantitative estimate of drug-likeness (QED) is 0.796. The zero-order valence-corrected chi connectivity index (χ0v) is 14.1. The second-order valence-electron chi connectivity index (χ2n) is 6.45. The van der Waals surface area contributed by atoms with Gasteiger partial charge in [0.2, 0.25) is 0 Å². The highest BCUT2D eigenvalue weighted by atomic mass is 16.2. The molecule has 0 atom stereocenters. The minimum Gasteiger partial charge on any atom is -0.399 e. The highest BCUT2D eigenvalue weighted by Gasteiger charge is 2.25. The standard InChI is InChI=1S/C18H22N6O/c19-14-4-3-13-2-1-7-24(16(13)10-14)18(25)15-11-22-17(12-21-15)23-8-5-20-6-9-23/h3-4,10-12,20H,1-2,5-9,19H2. The van der Waals surface area contributed by atoms with Gasteiger partial charge >= 0.3 is 0 Å². The lowest BCUT2D eigenvalue weighted by molar-refractivity contribution is 0.0980. The number of nitrogen functional groups attached to an aromatic ring is 1. The van der Waals surface area contributed by atoms with Gasteiger partial charge in [-0.2, -0.15) is 0 Å². The molecule has 1 saturated heterocycles. The van der Waals surface area contributed by atoms with Crippen molar-refractivity contribution in [3.63, 3.8) is 0 Å². The van der Waals surface area contributed by atoms with Crippen LogP contribution in [0.15, 0.2) is 30.6 Å². The number of anilines is 3. The largest absolute Gasteiger partial charge is 0.399 e. The van der Waals surface area contributed by atoms with Gasteiger partial charge in [-0.25, -0.2) is 9.97 Å². The zero-order chi connectivity index (χ0) is 17.2. The number of benzene rings is 1. The summed E-state index contributed by atoms with van der Waals surface area (Å²) in [5.41, 5.74) is 8.99. The lowest BCUT2D eigenvalue weighted by Crippen LogP contribution is -2.44. The molecule has 0 spiro atoms. The number of nitrogens with zero attached hydrogens (tertiary/aromatic N) is 4. The molecule has 0 aliphatic carbocycles. The van der Waals surface area contributed by atoms with Gasteiger partial charge in [0.05, 0.1) is 12.4 Å². The first-order valence-corrected chi connectivity index (χ1v) is 8.70. The normalized spacial score (nSPS) is 17.3. The maximum absolute atomic E-state index is 12.9. The number of aryl methyl sites for hydroxylation is 1. The molecule has 7 heteroatoms. The van der Waals surface area contributed by atoms with Crippen molar-refractivity contribution in [2.45, 2.75) is 12.8 Å². The van der Waals surface area contributed by atoms with Crippen molar-refractivity contribution in [1.82, 2.24) is 15.3 Å². The lowest BCUT2D eigenvalue weighted by atomic mass is 10.0. The fraction of sp³-hybridized carbons (Fsp3) is 0.389. The summed E-state index contributed by atoms with van der Waals surface area (Å²) in [4.78, 5) is 25.7. The molecule has 25 heavy (non-hydrogen) atoms. The topological polar surface area (TPSA) is 87.4 Å². The van der Waals surface area contributed by atoms with E-state index in [4.69, 9.17) is 5.73 Å². The Morgan fingerprint density at radius 2 is 1.96 bits per heavy atom. The predicted molar refractivity (Wildman–Crippen MR) is 98.0 cm³/mol. The van der Waals surface area contributed by atoms with Gasteiger partial charge in [0, 0.05) is 44.1 Å². The number of carbonyl (C=O) groups excluding carboxylic acids is 1. The number of carbonyl (C=O) groups is 1. The third-order valence-electron chi connectivity index (χ3n) is 4.77. The summed E-state index contributed by atoms with van der Waals surface area (Å²) >= 11 is 0. The van der Waals surface area contributed by atoms with Crippen LogP contribution in [-0.2, 0) is 6.42 Å². The molecule has 1 aromatic heterocycles. The van der Waals surface area contributed by atoms with Gasteiger partial charge in [0.1, 0.15) is 11.5 Å². The number of hydrogen-bond acceptors (Lipinski definition) is 6.